The van der Waals surface area contributed by atoms with Gasteiger partial charge >= 0.3 is 0 Å². The quantitative estimate of drug-likeness (QED) is 0.220. The highest BCUT2D eigenvalue weighted by molar-refractivity contribution is 6.40. The van der Waals surface area contributed by atoms with Crippen molar-refractivity contribution in [1.82, 2.24) is 9.55 Å². The smallest absolute Gasteiger partial charge is 0.228 e. The largest absolute Gasteiger partial charge is 0.392 e. The SMILES string of the molecule is CC(=O)c1cccc(NC(=O)Cc2ccc(C3OC(Cn4cnc(Cl)c4Cl)CC(c4ccc(CO)cc4)O3)cc2)c1. The average Bonchev–Trinajstić information content (AvgIpc) is 3.29. The number of carbonyl (C=O) groups excluding carboxylic acids is 2. The number of carbonyl (C=O) groups is 2. The Balaban J connectivity index is 1.29. The van der Waals surface area contributed by atoms with E-state index in [-0.39, 0.29) is 42.1 Å². The van der Waals surface area contributed by atoms with Crippen LogP contribution in [-0.2, 0) is 33.8 Å². The summed E-state index contributed by atoms with van der Waals surface area (Å²) in [6.45, 7) is 1.89. The zero-order valence-electron chi connectivity index (χ0n) is 22.3. The molecule has 10 heteroatoms. The normalized spacial score (nSPS) is 18.7. The molecule has 3 unspecified atom stereocenters. The van der Waals surface area contributed by atoms with Gasteiger partial charge in [-0.05, 0) is 35.7 Å². The summed E-state index contributed by atoms with van der Waals surface area (Å²) < 4.78 is 14.5. The summed E-state index contributed by atoms with van der Waals surface area (Å²) in [5.74, 6) is -0.252. The lowest BCUT2D eigenvalue weighted by Crippen LogP contribution is -2.32. The third kappa shape index (κ3) is 7.22. The van der Waals surface area contributed by atoms with Crippen molar-refractivity contribution < 1.29 is 24.2 Å². The number of ether oxygens (including phenoxy) is 2. The number of aliphatic hydroxyl groups excluding tert-OH is 1. The van der Waals surface area contributed by atoms with E-state index in [1.165, 1.54) is 6.92 Å². The minimum Gasteiger partial charge on any atom is -0.392 e. The van der Waals surface area contributed by atoms with Gasteiger partial charge in [0, 0.05) is 23.2 Å². The second kappa shape index (κ2) is 13.0. The molecule has 41 heavy (non-hydrogen) atoms. The number of aromatic nitrogens is 2. The van der Waals surface area contributed by atoms with E-state index in [0.29, 0.717) is 29.4 Å². The van der Waals surface area contributed by atoms with Crippen LogP contribution in [0.1, 0.15) is 58.4 Å². The van der Waals surface area contributed by atoms with Crippen LogP contribution in [0.4, 0.5) is 5.69 Å². The van der Waals surface area contributed by atoms with Gasteiger partial charge in [-0.15, -0.1) is 0 Å². The summed E-state index contributed by atoms with van der Waals surface area (Å²) in [6, 6.07) is 22.0. The van der Waals surface area contributed by atoms with Gasteiger partial charge in [-0.2, -0.15) is 0 Å². The fraction of sp³-hybridized carbons (Fsp3) is 0.258. The molecule has 212 valence electrons. The maximum absolute atomic E-state index is 12.7. The number of nitrogens with zero attached hydrogens (tertiary/aromatic N) is 2. The molecule has 1 amide bonds. The van der Waals surface area contributed by atoms with Crippen LogP contribution in [0.5, 0.6) is 0 Å². The van der Waals surface area contributed by atoms with E-state index in [1.807, 2.05) is 48.5 Å². The van der Waals surface area contributed by atoms with Gasteiger partial charge in [0.05, 0.1) is 38.1 Å². The van der Waals surface area contributed by atoms with E-state index in [9.17, 15) is 14.7 Å². The van der Waals surface area contributed by atoms with Crippen molar-refractivity contribution in [2.75, 3.05) is 5.32 Å². The Bertz CT molecular complexity index is 1520. The number of nitrogens with one attached hydrogen (secondary N) is 1. The lowest BCUT2D eigenvalue weighted by Gasteiger charge is -2.36. The molecule has 2 heterocycles. The molecule has 0 spiro atoms. The second-order valence-electron chi connectivity index (χ2n) is 9.93. The standard InChI is InChI=1S/C31H29Cl2N3O5/c1-19(38)24-3-2-4-25(14-24)35-28(39)13-20-5-11-23(12-6-20)31-40-26(16-36-18-34-29(32)30(36)33)15-27(41-31)22-9-7-21(17-37)8-10-22/h2-12,14,18,26-27,31,37H,13,15-17H2,1H3,(H,35,39). The van der Waals surface area contributed by atoms with Crippen LogP contribution < -0.4 is 5.32 Å². The Kier molecular flexibility index (Phi) is 9.17. The first-order chi connectivity index (χ1) is 19.8. The van der Waals surface area contributed by atoms with Crippen LogP contribution >= 0.6 is 23.2 Å². The number of aliphatic hydroxyl groups is 1. The van der Waals surface area contributed by atoms with E-state index < -0.39 is 6.29 Å². The molecular formula is C31H29Cl2N3O5. The summed E-state index contributed by atoms with van der Waals surface area (Å²) in [5, 5.41) is 12.9. The number of hydrogen-bond acceptors (Lipinski definition) is 6. The molecule has 3 atom stereocenters. The number of rotatable bonds is 9. The summed E-state index contributed by atoms with van der Waals surface area (Å²) in [7, 11) is 0. The van der Waals surface area contributed by atoms with Gasteiger partial charge in [0.25, 0.3) is 0 Å². The van der Waals surface area contributed by atoms with Crippen LogP contribution in [0.3, 0.4) is 0 Å². The summed E-state index contributed by atoms with van der Waals surface area (Å²) in [5.41, 5.74) is 4.53. The minimum absolute atomic E-state index is 0.0325. The Morgan fingerprint density at radius 2 is 1.71 bits per heavy atom. The minimum atomic E-state index is -0.661. The average molecular weight is 594 g/mol. The fourth-order valence-electron chi connectivity index (χ4n) is 4.72. The van der Waals surface area contributed by atoms with Crippen LogP contribution in [0.25, 0.3) is 0 Å². The van der Waals surface area contributed by atoms with Gasteiger partial charge < -0.3 is 24.5 Å². The molecule has 2 N–H and O–H groups in total. The highest BCUT2D eigenvalue weighted by Crippen LogP contribution is 2.39. The van der Waals surface area contributed by atoms with E-state index in [2.05, 4.69) is 10.3 Å². The number of ketones is 1. The lowest BCUT2D eigenvalue weighted by molar-refractivity contribution is -0.252. The molecule has 3 aromatic carbocycles. The molecule has 5 rings (SSSR count). The van der Waals surface area contributed by atoms with E-state index in [4.69, 9.17) is 32.7 Å². The van der Waals surface area contributed by atoms with Crippen molar-refractivity contribution in [3.05, 3.63) is 117 Å². The third-order valence-corrected chi connectivity index (χ3v) is 7.69. The van der Waals surface area contributed by atoms with Crippen molar-refractivity contribution in [1.29, 1.82) is 0 Å². The van der Waals surface area contributed by atoms with Gasteiger partial charge in [-0.1, -0.05) is 83.9 Å². The van der Waals surface area contributed by atoms with Gasteiger partial charge in [-0.3, -0.25) is 9.59 Å². The van der Waals surface area contributed by atoms with Crippen molar-refractivity contribution in [3.8, 4) is 0 Å². The summed E-state index contributed by atoms with van der Waals surface area (Å²) in [6.07, 6.45) is 1.14. The van der Waals surface area contributed by atoms with Crippen molar-refractivity contribution in [3.63, 3.8) is 0 Å². The Morgan fingerprint density at radius 3 is 2.37 bits per heavy atom. The Hall–Kier alpha value is -3.53. The van der Waals surface area contributed by atoms with Gasteiger partial charge in [0.1, 0.15) is 5.15 Å². The van der Waals surface area contributed by atoms with E-state index in [0.717, 1.165) is 22.3 Å². The Morgan fingerprint density at radius 1 is 1.00 bits per heavy atom. The zero-order chi connectivity index (χ0) is 28.9. The predicted molar refractivity (Wildman–Crippen MR) is 156 cm³/mol. The first-order valence-electron chi connectivity index (χ1n) is 13.2. The molecule has 1 aromatic heterocycles. The molecule has 1 saturated heterocycles. The molecule has 8 nitrogen and oxygen atoms in total. The summed E-state index contributed by atoms with van der Waals surface area (Å²) >= 11 is 12.4. The summed E-state index contributed by atoms with van der Waals surface area (Å²) in [4.78, 5) is 28.4. The number of benzene rings is 3. The molecule has 0 aliphatic carbocycles. The highest BCUT2D eigenvalue weighted by Gasteiger charge is 2.33. The van der Waals surface area contributed by atoms with Crippen LogP contribution in [0.2, 0.25) is 10.3 Å². The number of hydrogen-bond donors (Lipinski definition) is 2. The second-order valence-corrected chi connectivity index (χ2v) is 10.6. The number of anilines is 1. The topological polar surface area (TPSA) is 103 Å². The van der Waals surface area contributed by atoms with Crippen LogP contribution in [-0.4, -0.2) is 32.5 Å². The van der Waals surface area contributed by atoms with Crippen LogP contribution in [0, 0.1) is 0 Å². The first-order valence-corrected chi connectivity index (χ1v) is 13.9. The first kappa shape index (κ1) is 29.0. The zero-order valence-corrected chi connectivity index (χ0v) is 23.8. The molecule has 4 aromatic rings. The van der Waals surface area contributed by atoms with Gasteiger partial charge in [0.2, 0.25) is 5.91 Å². The fourth-order valence-corrected chi connectivity index (χ4v) is 5.04. The van der Waals surface area contributed by atoms with Crippen LogP contribution in [0.15, 0.2) is 79.1 Å². The molecular weight excluding hydrogens is 565 g/mol. The molecule has 1 aliphatic heterocycles. The number of Topliss-reactive ketones (excluding diaryl/α,β-unsaturated/α-hetero) is 1. The monoisotopic (exact) mass is 593 g/mol. The molecule has 0 bridgehead atoms. The molecule has 1 fully saturated rings. The molecule has 1 aliphatic rings. The number of imidazole rings is 1. The van der Waals surface area contributed by atoms with Crippen molar-refractivity contribution in [2.24, 2.45) is 0 Å². The lowest BCUT2D eigenvalue weighted by atomic mass is 9.99. The van der Waals surface area contributed by atoms with E-state index in [1.54, 1.807) is 35.2 Å². The highest BCUT2D eigenvalue weighted by atomic mass is 35.5. The number of amides is 1. The van der Waals surface area contributed by atoms with Gasteiger partial charge in [-0.25, -0.2) is 4.98 Å². The number of halogens is 2. The maximum atomic E-state index is 12.7. The third-order valence-electron chi connectivity index (χ3n) is 6.92. The van der Waals surface area contributed by atoms with Crippen molar-refractivity contribution in [2.45, 2.75) is 51.4 Å². The predicted octanol–water partition coefficient (Wildman–Crippen LogP) is 6.31. The van der Waals surface area contributed by atoms with Gasteiger partial charge in [0.15, 0.2) is 17.2 Å². The Labute approximate surface area is 247 Å². The van der Waals surface area contributed by atoms with Crippen molar-refractivity contribution >= 4 is 40.6 Å². The molecule has 0 saturated carbocycles. The van der Waals surface area contributed by atoms with E-state index >= 15 is 0 Å². The molecule has 0 radical (unpaired) electrons. The maximum Gasteiger partial charge on any atom is 0.228 e.